The molecule has 0 aromatic rings. The summed E-state index contributed by atoms with van der Waals surface area (Å²) in [6.07, 6.45) is 76.2. The van der Waals surface area contributed by atoms with E-state index < -0.39 is 20.0 Å². The number of quaternary nitrogens is 1. The van der Waals surface area contributed by atoms with Crippen molar-refractivity contribution in [2.45, 2.75) is 379 Å². The van der Waals surface area contributed by atoms with E-state index in [0.29, 0.717) is 17.4 Å². The summed E-state index contributed by atoms with van der Waals surface area (Å²) in [6.45, 7) is 4.72. The van der Waals surface area contributed by atoms with Crippen molar-refractivity contribution in [1.29, 1.82) is 0 Å². The van der Waals surface area contributed by atoms with Crippen LogP contribution in [-0.2, 0) is 18.4 Å². The van der Waals surface area contributed by atoms with E-state index in [0.717, 1.165) is 38.5 Å². The summed E-state index contributed by atoms with van der Waals surface area (Å²) >= 11 is 0. The predicted octanol–water partition coefficient (Wildman–Crippen LogP) is 21.1. The number of phosphoric acid groups is 1. The molecule has 0 aromatic carbocycles. The van der Waals surface area contributed by atoms with Crippen molar-refractivity contribution in [3.63, 3.8) is 0 Å². The Kier molecular flexibility index (Phi) is 59.3. The number of unbranched alkanes of at least 4 members (excludes halogenated alkanes) is 52. The number of nitrogens with zero attached hydrogens (tertiary/aromatic N) is 1. The molecule has 0 saturated carbocycles. The van der Waals surface area contributed by atoms with E-state index in [-0.39, 0.29) is 19.1 Å². The lowest BCUT2D eigenvalue weighted by Crippen LogP contribution is -2.45. The molecule has 0 fully saturated rings. The Bertz CT molecular complexity index is 1260. The molecule has 0 aliphatic heterocycles. The Balaban J connectivity index is 4.01. The van der Waals surface area contributed by atoms with Gasteiger partial charge in [-0.25, -0.2) is 0 Å². The van der Waals surface area contributed by atoms with E-state index in [4.69, 9.17) is 9.05 Å². The average molecular weight is 1110 g/mol. The maximum absolute atomic E-state index is 13.0. The van der Waals surface area contributed by atoms with Crippen molar-refractivity contribution >= 4 is 13.7 Å². The van der Waals surface area contributed by atoms with E-state index >= 15 is 0 Å². The molecular formula is C68H137N2O6P. The maximum atomic E-state index is 13.0. The number of aliphatic hydroxyl groups excluding tert-OH is 1. The van der Waals surface area contributed by atoms with Gasteiger partial charge in [0.25, 0.3) is 7.82 Å². The minimum atomic E-state index is -4.60. The standard InChI is InChI=1S/C68H137N2O6P/c1-6-8-10-12-14-16-18-20-22-24-26-28-30-31-32-33-34-35-36-37-38-40-42-44-46-48-50-52-54-56-58-60-62-68(72)69-66(65-76-77(73,74)75-64-63-70(3,4)5)67(71)61-59-57-55-53-51-49-47-45-43-41-39-29-27-25-23-21-19-17-15-13-11-9-7-2/h59,61,66-67,71H,6-58,60,62-65H2,1-5H3,(H-,69,72,73,74)/b61-59+. The van der Waals surface area contributed by atoms with E-state index in [1.165, 1.54) is 308 Å². The summed E-state index contributed by atoms with van der Waals surface area (Å²) in [5.41, 5.74) is 0. The Morgan fingerprint density at radius 2 is 0.701 bits per heavy atom. The van der Waals surface area contributed by atoms with Crippen LogP contribution in [0.15, 0.2) is 12.2 Å². The molecule has 0 saturated heterocycles. The Morgan fingerprint density at radius 1 is 0.442 bits per heavy atom. The third-order valence-corrected chi connectivity index (χ3v) is 17.2. The summed E-state index contributed by atoms with van der Waals surface area (Å²) in [5, 5.41) is 14.0. The molecule has 0 aliphatic rings. The molecule has 8 nitrogen and oxygen atoms in total. The summed E-state index contributed by atoms with van der Waals surface area (Å²) in [4.78, 5) is 25.6. The topological polar surface area (TPSA) is 108 Å². The van der Waals surface area contributed by atoms with Gasteiger partial charge < -0.3 is 28.8 Å². The first kappa shape index (κ1) is 76.2. The second kappa shape index (κ2) is 59.8. The number of rotatable bonds is 65. The highest BCUT2D eigenvalue weighted by Gasteiger charge is 2.23. The second-order valence-corrected chi connectivity index (χ2v) is 26.7. The zero-order chi connectivity index (χ0) is 56.3. The highest BCUT2D eigenvalue weighted by Crippen LogP contribution is 2.38. The van der Waals surface area contributed by atoms with E-state index in [2.05, 4.69) is 19.2 Å². The maximum Gasteiger partial charge on any atom is 0.268 e. The van der Waals surface area contributed by atoms with Gasteiger partial charge in [0.05, 0.1) is 39.9 Å². The molecule has 460 valence electrons. The molecule has 77 heavy (non-hydrogen) atoms. The van der Waals surface area contributed by atoms with E-state index in [1.54, 1.807) is 6.08 Å². The molecule has 0 bridgehead atoms. The van der Waals surface area contributed by atoms with Crippen LogP contribution >= 0.6 is 7.82 Å². The largest absolute Gasteiger partial charge is 0.756 e. The van der Waals surface area contributed by atoms with E-state index in [9.17, 15) is 19.4 Å². The third kappa shape index (κ3) is 62.7. The minimum Gasteiger partial charge on any atom is -0.756 e. The first-order chi connectivity index (χ1) is 37.5. The van der Waals surface area contributed by atoms with E-state index in [1.807, 2.05) is 27.2 Å². The van der Waals surface area contributed by atoms with Gasteiger partial charge in [-0.2, -0.15) is 0 Å². The van der Waals surface area contributed by atoms with Crippen LogP contribution in [0.25, 0.3) is 0 Å². The van der Waals surface area contributed by atoms with Crippen LogP contribution in [0, 0.1) is 0 Å². The molecule has 0 rings (SSSR count). The number of aliphatic hydroxyl groups is 1. The van der Waals surface area contributed by atoms with Crippen LogP contribution in [0.3, 0.4) is 0 Å². The van der Waals surface area contributed by atoms with Gasteiger partial charge in [0.1, 0.15) is 13.2 Å². The first-order valence-electron chi connectivity index (χ1n) is 34.6. The van der Waals surface area contributed by atoms with Crippen LogP contribution < -0.4 is 10.2 Å². The number of amides is 1. The van der Waals surface area contributed by atoms with Crippen molar-refractivity contribution in [2.24, 2.45) is 0 Å². The van der Waals surface area contributed by atoms with Crippen molar-refractivity contribution in [2.75, 3.05) is 40.9 Å². The molecule has 1 amide bonds. The molecule has 0 aliphatic carbocycles. The molecule has 3 atom stereocenters. The number of likely N-dealkylation sites (N-methyl/N-ethyl adjacent to an activating group) is 1. The van der Waals surface area contributed by atoms with Crippen molar-refractivity contribution < 1.29 is 32.9 Å². The lowest BCUT2D eigenvalue weighted by Gasteiger charge is -2.29. The molecule has 0 radical (unpaired) electrons. The summed E-state index contributed by atoms with van der Waals surface area (Å²) in [7, 11) is 1.28. The number of phosphoric ester groups is 1. The van der Waals surface area contributed by atoms with Crippen molar-refractivity contribution in [3.05, 3.63) is 12.2 Å². The van der Waals surface area contributed by atoms with Crippen LogP contribution in [0.5, 0.6) is 0 Å². The van der Waals surface area contributed by atoms with Crippen LogP contribution in [0.4, 0.5) is 0 Å². The second-order valence-electron chi connectivity index (χ2n) is 25.3. The quantitative estimate of drug-likeness (QED) is 0.0272. The smallest absolute Gasteiger partial charge is 0.268 e. The van der Waals surface area contributed by atoms with Gasteiger partial charge in [-0.15, -0.1) is 0 Å². The van der Waals surface area contributed by atoms with Gasteiger partial charge in [-0.05, 0) is 19.3 Å². The molecule has 0 spiro atoms. The fourth-order valence-electron chi connectivity index (χ4n) is 10.9. The molecular weight excluding hydrogens is 972 g/mol. The lowest BCUT2D eigenvalue weighted by atomic mass is 10.0. The van der Waals surface area contributed by atoms with Gasteiger partial charge >= 0.3 is 0 Å². The summed E-state index contributed by atoms with van der Waals surface area (Å²) < 4.78 is 23.5. The number of allylic oxidation sites excluding steroid dienone is 1. The molecule has 0 aromatic heterocycles. The number of nitrogens with one attached hydrogen (secondary N) is 1. The zero-order valence-corrected chi connectivity index (χ0v) is 53.6. The van der Waals surface area contributed by atoms with Crippen molar-refractivity contribution in [1.82, 2.24) is 5.32 Å². The Hall–Kier alpha value is -0.760. The molecule has 3 unspecified atom stereocenters. The monoisotopic (exact) mass is 1110 g/mol. The number of carbonyl (C=O) groups excluding carboxylic acids is 1. The number of hydrogen-bond donors (Lipinski definition) is 2. The SMILES string of the molecule is CCCCCCCCCCCCCCCCCCCCCCC/C=C/C(O)C(COP(=O)([O-])OCC[N+](C)(C)C)NC(=O)CCCCCCCCCCCCCCCCCCCCCCCCCCCCCCCCCC. The highest BCUT2D eigenvalue weighted by atomic mass is 31.2. The third-order valence-electron chi connectivity index (χ3n) is 16.2. The van der Waals surface area contributed by atoms with Gasteiger partial charge in [0.15, 0.2) is 0 Å². The van der Waals surface area contributed by atoms with Crippen LogP contribution in [0.2, 0.25) is 0 Å². The first-order valence-corrected chi connectivity index (χ1v) is 36.0. The van der Waals surface area contributed by atoms with Crippen molar-refractivity contribution in [3.8, 4) is 0 Å². The number of hydrogen-bond acceptors (Lipinski definition) is 6. The molecule has 0 heterocycles. The molecule has 9 heteroatoms. The summed E-state index contributed by atoms with van der Waals surface area (Å²) in [5.74, 6) is -0.187. The lowest BCUT2D eigenvalue weighted by molar-refractivity contribution is -0.870. The minimum absolute atomic E-state index is 0.00296. The van der Waals surface area contributed by atoms with Crippen LogP contribution in [-0.4, -0.2) is 68.5 Å². The van der Waals surface area contributed by atoms with Gasteiger partial charge in [0.2, 0.25) is 5.91 Å². The molecule has 2 N–H and O–H groups in total. The fraction of sp³-hybridized carbons (Fsp3) is 0.956. The predicted molar refractivity (Wildman–Crippen MR) is 335 cm³/mol. The van der Waals surface area contributed by atoms with Crippen LogP contribution in [0.1, 0.15) is 367 Å². The highest BCUT2D eigenvalue weighted by molar-refractivity contribution is 7.45. The van der Waals surface area contributed by atoms with Gasteiger partial charge in [-0.1, -0.05) is 353 Å². The number of carbonyl (C=O) groups is 1. The Labute approximate surface area is 482 Å². The Morgan fingerprint density at radius 3 is 0.974 bits per heavy atom. The zero-order valence-electron chi connectivity index (χ0n) is 52.7. The fourth-order valence-corrected chi connectivity index (χ4v) is 11.6. The average Bonchev–Trinajstić information content (AvgIpc) is 3.39. The van der Waals surface area contributed by atoms with Gasteiger partial charge in [-0.3, -0.25) is 9.36 Å². The van der Waals surface area contributed by atoms with Gasteiger partial charge in [0, 0.05) is 6.42 Å². The normalized spacial score (nSPS) is 13.7. The summed E-state index contributed by atoms with van der Waals surface area (Å²) in [6, 6.07) is -0.883.